The van der Waals surface area contributed by atoms with Gasteiger partial charge in [0.05, 0.1) is 11.1 Å². The van der Waals surface area contributed by atoms with Gasteiger partial charge in [-0.1, -0.05) is 38.7 Å². The van der Waals surface area contributed by atoms with Crippen LogP contribution >= 0.6 is 12.2 Å². The van der Waals surface area contributed by atoms with E-state index in [0.29, 0.717) is 17.8 Å². The molecule has 124 valence electrons. The summed E-state index contributed by atoms with van der Waals surface area (Å²) in [5.41, 5.74) is 5.98. The molecule has 5 nitrogen and oxygen atoms in total. The fourth-order valence-corrected chi connectivity index (χ4v) is 2.23. The van der Waals surface area contributed by atoms with Crippen LogP contribution in [0.25, 0.3) is 0 Å². The van der Waals surface area contributed by atoms with E-state index in [4.69, 9.17) is 12.2 Å². The second-order valence-electron chi connectivity index (χ2n) is 4.83. The summed E-state index contributed by atoms with van der Waals surface area (Å²) in [6.07, 6.45) is 5.18. The number of benzene rings is 1. The van der Waals surface area contributed by atoms with E-state index in [2.05, 4.69) is 17.1 Å². The third kappa shape index (κ3) is 4.56. The number of aromatic hydroxyl groups is 2. The zero-order valence-corrected chi connectivity index (χ0v) is 14.5. The number of amidine groups is 1. The van der Waals surface area contributed by atoms with Gasteiger partial charge in [0, 0.05) is 18.8 Å². The summed E-state index contributed by atoms with van der Waals surface area (Å²) in [4.78, 5) is 1.80. The van der Waals surface area contributed by atoms with Crippen LogP contribution in [-0.2, 0) is 6.42 Å². The Labute approximate surface area is 142 Å². The van der Waals surface area contributed by atoms with Crippen LogP contribution in [0.1, 0.15) is 31.4 Å². The molecule has 6 heteroatoms. The van der Waals surface area contributed by atoms with E-state index in [1.165, 1.54) is 11.6 Å². The van der Waals surface area contributed by atoms with E-state index in [1.54, 1.807) is 17.0 Å². The minimum Gasteiger partial charge on any atom is -0.508 e. The van der Waals surface area contributed by atoms with Crippen LogP contribution in [0, 0.1) is 0 Å². The summed E-state index contributed by atoms with van der Waals surface area (Å²) in [5, 5.41) is 24.3. The number of hydrazone groups is 1. The minimum absolute atomic E-state index is 0.0589. The predicted octanol–water partition coefficient (Wildman–Crippen LogP) is 3.28. The average molecular weight is 333 g/mol. The van der Waals surface area contributed by atoms with Crippen molar-refractivity contribution in [3.05, 3.63) is 47.7 Å². The summed E-state index contributed by atoms with van der Waals surface area (Å²) in [5.74, 6) is 0.473. The number of likely N-dealkylation sites (N-methyl/N-ethyl adjacent to an activating group) is 1. The molecule has 0 aliphatic heterocycles. The molecule has 0 bridgehead atoms. The second-order valence-corrected chi connectivity index (χ2v) is 5.07. The van der Waals surface area contributed by atoms with Gasteiger partial charge in [-0.25, -0.2) is 0 Å². The van der Waals surface area contributed by atoms with Gasteiger partial charge in [-0.3, -0.25) is 5.43 Å². The van der Waals surface area contributed by atoms with Crippen molar-refractivity contribution < 1.29 is 10.2 Å². The van der Waals surface area contributed by atoms with Crippen LogP contribution in [0.15, 0.2) is 41.7 Å². The molecule has 0 aromatic heterocycles. The molecule has 0 heterocycles. The Morgan fingerprint density at radius 1 is 1.35 bits per heavy atom. The van der Waals surface area contributed by atoms with Crippen molar-refractivity contribution >= 4 is 23.5 Å². The first-order valence-electron chi connectivity index (χ1n) is 7.38. The Morgan fingerprint density at radius 2 is 2.04 bits per heavy atom. The number of hydrogen-bond donors (Lipinski definition) is 3. The Kier molecular flexibility index (Phi) is 7.28. The molecule has 0 unspecified atom stereocenters. The lowest BCUT2D eigenvalue weighted by Gasteiger charge is -2.23. The Hall–Kier alpha value is -2.34. The second kappa shape index (κ2) is 8.95. The third-order valence-electron chi connectivity index (χ3n) is 3.37. The molecular formula is C17H23N3O2S. The quantitative estimate of drug-likeness (QED) is 0.235. The number of rotatable bonds is 7. The fourth-order valence-electron chi connectivity index (χ4n) is 2.18. The smallest absolute Gasteiger partial charge is 0.164 e. The average Bonchev–Trinajstić information content (AvgIpc) is 2.54. The van der Waals surface area contributed by atoms with E-state index in [0.717, 1.165) is 17.7 Å². The molecule has 1 aromatic carbocycles. The highest BCUT2D eigenvalue weighted by Crippen LogP contribution is 2.29. The van der Waals surface area contributed by atoms with E-state index >= 15 is 0 Å². The fraction of sp³-hybridized carbons (Fsp3) is 0.294. The van der Waals surface area contributed by atoms with Crippen molar-refractivity contribution in [3.8, 4) is 11.5 Å². The molecule has 23 heavy (non-hydrogen) atoms. The number of allylic oxidation sites excluding steroid dienone is 2. The van der Waals surface area contributed by atoms with Crippen LogP contribution in [0.3, 0.4) is 0 Å². The topological polar surface area (TPSA) is 68.1 Å². The van der Waals surface area contributed by atoms with E-state index in [-0.39, 0.29) is 11.5 Å². The van der Waals surface area contributed by atoms with Gasteiger partial charge >= 0.3 is 0 Å². The first-order valence-corrected chi connectivity index (χ1v) is 7.85. The molecular weight excluding hydrogens is 310 g/mol. The molecule has 0 fully saturated rings. The number of phenols is 2. The molecule has 0 aliphatic carbocycles. The molecule has 1 rings (SSSR count). The van der Waals surface area contributed by atoms with Gasteiger partial charge in [0.2, 0.25) is 0 Å². The molecule has 0 aliphatic rings. The van der Waals surface area contributed by atoms with E-state index in [9.17, 15) is 10.2 Å². The summed E-state index contributed by atoms with van der Waals surface area (Å²) in [6.45, 7) is 7.76. The monoisotopic (exact) mass is 333 g/mol. The SMILES string of the molecule is C=C/C(=C\CC)N(C)/C(=N\NC=S)c1cc(CC)c(O)cc1O. The standard InChI is InChI=1S/C17H23N3O2S/c1-5-8-13(7-3)20(4)17(19-18-11-23)14-9-12(6-2)15(21)10-16(14)22/h7-11,21-22H,3,5-6H2,1-2,4H3,(H,18,23)/b13-8+,19-17-. The molecule has 0 spiro atoms. The highest BCUT2D eigenvalue weighted by atomic mass is 32.1. The molecule has 3 N–H and O–H groups in total. The summed E-state index contributed by atoms with van der Waals surface area (Å²) in [6, 6.07) is 3.05. The molecule has 0 saturated carbocycles. The number of nitrogens with one attached hydrogen (secondary N) is 1. The van der Waals surface area contributed by atoms with Crippen molar-refractivity contribution in [1.82, 2.24) is 10.3 Å². The normalized spacial score (nSPS) is 12.0. The van der Waals surface area contributed by atoms with E-state index in [1.807, 2.05) is 27.0 Å². The highest BCUT2D eigenvalue weighted by Gasteiger charge is 2.18. The van der Waals surface area contributed by atoms with Crippen LogP contribution in [-0.4, -0.2) is 33.5 Å². The first kappa shape index (κ1) is 18.7. The van der Waals surface area contributed by atoms with E-state index < -0.39 is 0 Å². The largest absolute Gasteiger partial charge is 0.508 e. The van der Waals surface area contributed by atoms with Crippen molar-refractivity contribution in [2.75, 3.05) is 7.05 Å². The summed E-state index contributed by atoms with van der Waals surface area (Å²) >= 11 is 4.76. The van der Waals surface area contributed by atoms with Gasteiger partial charge in [-0.2, -0.15) is 5.10 Å². The number of thiocarbonyl (C=S) groups is 1. The number of aryl methyl sites for hydroxylation is 1. The van der Waals surface area contributed by atoms with Crippen molar-refractivity contribution in [1.29, 1.82) is 0 Å². The molecule has 0 radical (unpaired) electrons. The molecule has 0 atom stereocenters. The van der Waals surface area contributed by atoms with Crippen LogP contribution < -0.4 is 5.43 Å². The van der Waals surface area contributed by atoms with Gasteiger partial charge in [-0.05, 0) is 30.5 Å². The Bertz CT molecular complexity index is 639. The lowest BCUT2D eigenvalue weighted by Crippen LogP contribution is -2.28. The Balaban J connectivity index is 3.46. The lowest BCUT2D eigenvalue weighted by molar-refractivity contribution is 0.444. The molecule has 0 amide bonds. The molecule has 1 aromatic rings. The minimum atomic E-state index is -0.0589. The maximum absolute atomic E-state index is 10.2. The summed E-state index contributed by atoms with van der Waals surface area (Å²) in [7, 11) is 1.82. The van der Waals surface area contributed by atoms with Crippen molar-refractivity contribution in [3.63, 3.8) is 0 Å². The molecule has 0 saturated heterocycles. The first-order chi connectivity index (χ1) is 11.0. The van der Waals surface area contributed by atoms with Crippen molar-refractivity contribution in [2.45, 2.75) is 26.7 Å². The van der Waals surface area contributed by atoms with Gasteiger partial charge in [0.25, 0.3) is 0 Å². The summed E-state index contributed by atoms with van der Waals surface area (Å²) < 4.78 is 0. The number of phenolic OH excluding ortho intramolecular Hbond substituents is 2. The lowest BCUT2D eigenvalue weighted by atomic mass is 10.0. The zero-order chi connectivity index (χ0) is 17.4. The Morgan fingerprint density at radius 3 is 2.57 bits per heavy atom. The van der Waals surface area contributed by atoms with Gasteiger partial charge in [0.1, 0.15) is 11.5 Å². The number of hydrogen-bond acceptors (Lipinski definition) is 4. The van der Waals surface area contributed by atoms with Crippen molar-refractivity contribution in [2.24, 2.45) is 5.10 Å². The maximum atomic E-state index is 10.2. The maximum Gasteiger partial charge on any atom is 0.164 e. The van der Waals surface area contributed by atoms with Crippen LogP contribution in [0.2, 0.25) is 0 Å². The van der Waals surface area contributed by atoms with Gasteiger partial charge < -0.3 is 15.1 Å². The van der Waals surface area contributed by atoms with Gasteiger partial charge in [-0.15, -0.1) is 0 Å². The number of nitrogens with zero attached hydrogens (tertiary/aromatic N) is 2. The van der Waals surface area contributed by atoms with Gasteiger partial charge in [0.15, 0.2) is 5.84 Å². The van der Waals surface area contributed by atoms with Crippen LogP contribution in [0.5, 0.6) is 11.5 Å². The third-order valence-corrected chi connectivity index (χ3v) is 3.47. The van der Waals surface area contributed by atoms with Crippen LogP contribution in [0.4, 0.5) is 0 Å². The highest BCUT2D eigenvalue weighted by molar-refractivity contribution is 7.78. The predicted molar refractivity (Wildman–Crippen MR) is 98.8 cm³/mol. The zero-order valence-electron chi connectivity index (χ0n) is 13.7.